The van der Waals surface area contributed by atoms with Crippen molar-refractivity contribution in [2.75, 3.05) is 26.0 Å². The molecule has 0 spiro atoms. The van der Waals surface area contributed by atoms with Gasteiger partial charge in [0.15, 0.2) is 5.82 Å². The van der Waals surface area contributed by atoms with Crippen LogP contribution in [0.2, 0.25) is 0 Å². The lowest BCUT2D eigenvalue weighted by Gasteiger charge is -2.15. The molecule has 2 aromatic carbocycles. The van der Waals surface area contributed by atoms with Crippen molar-refractivity contribution in [3.63, 3.8) is 0 Å². The zero-order valence-electron chi connectivity index (χ0n) is 18.0. The predicted molar refractivity (Wildman–Crippen MR) is 122 cm³/mol. The Morgan fingerprint density at radius 1 is 1.03 bits per heavy atom. The summed E-state index contributed by atoms with van der Waals surface area (Å²) >= 11 is 0. The van der Waals surface area contributed by atoms with E-state index in [0.717, 1.165) is 6.07 Å². The van der Waals surface area contributed by atoms with Gasteiger partial charge in [0.2, 0.25) is 5.91 Å². The number of hydrogen-bond donors (Lipinski definition) is 2. The van der Waals surface area contributed by atoms with E-state index in [2.05, 4.69) is 25.6 Å². The minimum Gasteiger partial charge on any atom is -0.494 e. The van der Waals surface area contributed by atoms with Gasteiger partial charge in [-0.3, -0.25) is 9.78 Å². The lowest BCUT2D eigenvalue weighted by Crippen LogP contribution is -2.21. The van der Waals surface area contributed by atoms with Crippen LogP contribution in [-0.2, 0) is 4.79 Å². The first-order valence-electron chi connectivity index (χ1n) is 10.2. The standard InChI is InChI=1S/C24H21F2N5O2/c1-27-21(32)5-7-29-24-19-10-16(15-8-17(25)12-18(26)9-15)11-20(33-2)22(19)30-23(31-24)14-4-3-6-28-13-14/h3-4,6,8-13H,5,7H2,1-2H3,(H,27,32)(H,29,30,31). The van der Waals surface area contributed by atoms with Crippen molar-refractivity contribution in [1.82, 2.24) is 20.3 Å². The van der Waals surface area contributed by atoms with E-state index in [0.29, 0.717) is 51.5 Å². The summed E-state index contributed by atoms with van der Waals surface area (Å²) in [7, 11) is 3.06. The molecule has 0 saturated carbocycles. The minimum atomic E-state index is -0.684. The summed E-state index contributed by atoms with van der Waals surface area (Å²) in [5.74, 6) is -0.205. The second kappa shape index (κ2) is 9.56. The molecule has 2 N–H and O–H groups in total. The highest BCUT2D eigenvalue weighted by atomic mass is 19.1. The van der Waals surface area contributed by atoms with Crippen molar-refractivity contribution >= 4 is 22.6 Å². The van der Waals surface area contributed by atoms with Gasteiger partial charge in [-0.2, -0.15) is 0 Å². The highest BCUT2D eigenvalue weighted by Crippen LogP contribution is 2.36. The van der Waals surface area contributed by atoms with Crippen LogP contribution in [0.25, 0.3) is 33.4 Å². The Labute approximate surface area is 188 Å². The Kier molecular flexibility index (Phi) is 6.39. The Morgan fingerprint density at radius 3 is 2.45 bits per heavy atom. The van der Waals surface area contributed by atoms with Gasteiger partial charge < -0.3 is 15.4 Å². The van der Waals surface area contributed by atoms with Crippen LogP contribution in [0.1, 0.15) is 6.42 Å². The fourth-order valence-electron chi connectivity index (χ4n) is 3.42. The molecule has 1 amide bonds. The van der Waals surface area contributed by atoms with Crippen LogP contribution < -0.4 is 15.4 Å². The largest absolute Gasteiger partial charge is 0.494 e. The molecule has 0 saturated heterocycles. The van der Waals surface area contributed by atoms with E-state index in [1.165, 1.54) is 19.2 Å². The summed E-state index contributed by atoms with van der Waals surface area (Å²) in [5, 5.41) is 6.34. The number of amides is 1. The van der Waals surface area contributed by atoms with Crippen LogP contribution in [0.3, 0.4) is 0 Å². The van der Waals surface area contributed by atoms with Crippen LogP contribution in [0.4, 0.5) is 14.6 Å². The molecular formula is C24H21F2N5O2. The summed E-state index contributed by atoms with van der Waals surface area (Å²) in [6, 6.07) is 10.3. The first kappa shape index (κ1) is 22.1. The number of aromatic nitrogens is 3. The van der Waals surface area contributed by atoms with Gasteiger partial charge in [0.25, 0.3) is 0 Å². The normalized spacial score (nSPS) is 10.8. The molecule has 4 rings (SSSR count). The molecule has 0 unspecified atom stereocenters. The molecule has 0 atom stereocenters. The number of hydrogen-bond acceptors (Lipinski definition) is 6. The first-order valence-corrected chi connectivity index (χ1v) is 10.2. The number of rotatable bonds is 7. The van der Waals surface area contributed by atoms with E-state index in [4.69, 9.17) is 4.74 Å². The Morgan fingerprint density at radius 2 is 1.79 bits per heavy atom. The number of ether oxygens (including phenoxy) is 1. The molecule has 0 radical (unpaired) electrons. The maximum Gasteiger partial charge on any atom is 0.221 e. The number of nitrogens with one attached hydrogen (secondary N) is 2. The molecule has 2 heterocycles. The quantitative estimate of drug-likeness (QED) is 0.440. The monoisotopic (exact) mass is 449 g/mol. The number of anilines is 1. The lowest BCUT2D eigenvalue weighted by atomic mass is 10.0. The Bertz CT molecular complexity index is 1300. The second-order valence-corrected chi connectivity index (χ2v) is 7.22. The summed E-state index contributed by atoms with van der Waals surface area (Å²) in [6.07, 6.45) is 3.53. The maximum absolute atomic E-state index is 13.9. The third-order valence-electron chi connectivity index (χ3n) is 5.02. The average Bonchev–Trinajstić information content (AvgIpc) is 2.83. The van der Waals surface area contributed by atoms with Gasteiger partial charge >= 0.3 is 0 Å². The third-order valence-corrected chi connectivity index (χ3v) is 5.02. The number of methoxy groups -OCH3 is 1. The molecule has 168 valence electrons. The van der Waals surface area contributed by atoms with Gasteiger partial charge in [-0.05, 0) is 47.5 Å². The predicted octanol–water partition coefficient (Wildman–Crippen LogP) is 4.19. The molecule has 0 aliphatic carbocycles. The van der Waals surface area contributed by atoms with E-state index in [9.17, 15) is 13.6 Å². The molecule has 0 aliphatic heterocycles. The van der Waals surface area contributed by atoms with Gasteiger partial charge in [-0.1, -0.05) is 0 Å². The van der Waals surface area contributed by atoms with Crippen molar-refractivity contribution < 1.29 is 18.3 Å². The van der Waals surface area contributed by atoms with Crippen LogP contribution in [0.5, 0.6) is 5.75 Å². The molecule has 2 aromatic heterocycles. The number of fused-ring (bicyclic) bond motifs is 1. The third kappa shape index (κ3) is 4.87. The number of halogens is 2. The first-order chi connectivity index (χ1) is 16.0. The number of carbonyl (C=O) groups is 1. The van der Waals surface area contributed by atoms with Crippen LogP contribution in [0.15, 0.2) is 54.9 Å². The highest BCUT2D eigenvalue weighted by Gasteiger charge is 2.16. The van der Waals surface area contributed by atoms with E-state index >= 15 is 0 Å². The van der Waals surface area contributed by atoms with Gasteiger partial charge in [0.1, 0.15) is 28.7 Å². The molecule has 33 heavy (non-hydrogen) atoms. The zero-order valence-corrected chi connectivity index (χ0v) is 18.0. The maximum atomic E-state index is 13.9. The molecular weight excluding hydrogens is 428 g/mol. The lowest BCUT2D eigenvalue weighted by molar-refractivity contribution is -0.120. The number of benzene rings is 2. The number of carbonyl (C=O) groups excluding carboxylic acids is 1. The van der Waals surface area contributed by atoms with Gasteiger partial charge in [0, 0.05) is 49.4 Å². The molecule has 0 bridgehead atoms. The molecule has 7 nitrogen and oxygen atoms in total. The smallest absolute Gasteiger partial charge is 0.221 e. The van der Waals surface area contributed by atoms with Gasteiger partial charge in [-0.25, -0.2) is 18.7 Å². The van der Waals surface area contributed by atoms with Crippen LogP contribution >= 0.6 is 0 Å². The Hall–Kier alpha value is -4.14. The van der Waals surface area contributed by atoms with Gasteiger partial charge in [0.05, 0.1) is 7.11 Å². The van der Waals surface area contributed by atoms with Crippen molar-refractivity contribution in [3.8, 4) is 28.3 Å². The Balaban J connectivity index is 1.89. The highest BCUT2D eigenvalue weighted by molar-refractivity contribution is 5.98. The SMILES string of the molecule is CNC(=O)CCNc1nc(-c2cccnc2)nc2c(OC)cc(-c3cc(F)cc(F)c3)cc12. The minimum absolute atomic E-state index is 0.123. The summed E-state index contributed by atoms with van der Waals surface area (Å²) in [5.41, 5.74) is 2.09. The van der Waals surface area contributed by atoms with Gasteiger partial charge in [-0.15, -0.1) is 0 Å². The topological polar surface area (TPSA) is 89.0 Å². The van der Waals surface area contributed by atoms with E-state index in [1.54, 1.807) is 37.6 Å². The molecule has 0 fully saturated rings. The molecule has 0 aliphatic rings. The van der Waals surface area contributed by atoms with E-state index in [-0.39, 0.29) is 12.3 Å². The summed E-state index contributed by atoms with van der Waals surface area (Å²) in [6.45, 7) is 0.319. The number of nitrogens with zero attached hydrogens (tertiary/aromatic N) is 3. The number of pyridine rings is 1. The van der Waals surface area contributed by atoms with Crippen molar-refractivity contribution in [1.29, 1.82) is 0 Å². The van der Waals surface area contributed by atoms with E-state index < -0.39 is 11.6 Å². The molecule has 9 heteroatoms. The average molecular weight is 449 g/mol. The van der Waals surface area contributed by atoms with Crippen LogP contribution in [0, 0.1) is 11.6 Å². The zero-order chi connectivity index (χ0) is 23.4. The fraction of sp³-hybridized carbons (Fsp3) is 0.167. The molecule has 4 aromatic rings. The van der Waals surface area contributed by atoms with Crippen molar-refractivity contribution in [2.45, 2.75) is 6.42 Å². The van der Waals surface area contributed by atoms with Crippen molar-refractivity contribution in [3.05, 3.63) is 66.5 Å². The fourth-order valence-corrected chi connectivity index (χ4v) is 3.42. The second-order valence-electron chi connectivity index (χ2n) is 7.22. The van der Waals surface area contributed by atoms with E-state index in [1.807, 2.05) is 6.07 Å². The summed E-state index contributed by atoms with van der Waals surface area (Å²) < 4.78 is 33.3. The summed E-state index contributed by atoms with van der Waals surface area (Å²) in [4.78, 5) is 25.1. The van der Waals surface area contributed by atoms with Crippen LogP contribution in [-0.4, -0.2) is 41.6 Å². The van der Waals surface area contributed by atoms with Crippen molar-refractivity contribution in [2.24, 2.45) is 0 Å².